The summed E-state index contributed by atoms with van der Waals surface area (Å²) < 4.78 is 30.6. The van der Waals surface area contributed by atoms with Gasteiger partial charge in [0.2, 0.25) is 0 Å². The molecule has 0 radical (unpaired) electrons. The van der Waals surface area contributed by atoms with Crippen molar-refractivity contribution in [1.82, 2.24) is 4.98 Å². The molecule has 0 saturated heterocycles. The SMILES string of the molecule is CCOC(=O)c1nc(CCl)cc(I)c1C(F)F. The molecule has 0 aromatic carbocycles. The van der Waals surface area contributed by atoms with Crippen LogP contribution >= 0.6 is 34.2 Å². The number of nitrogens with zero attached hydrogens (tertiary/aromatic N) is 1. The lowest BCUT2D eigenvalue weighted by atomic mass is 10.2. The van der Waals surface area contributed by atoms with Gasteiger partial charge in [-0.15, -0.1) is 11.6 Å². The van der Waals surface area contributed by atoms with Gasteiger partial charge >= 0.3 is 5.97 Å². The zero-order chi connectivity index (χ0) is 13.0. The molecule has 1 heterocycles. The van der Waals surface area contributed by atoms with E-state index < -0.39 is 18.0 Å². The Morgan fingerprint density at radius 1 is 1.65 bits per heavy atom. The lowest BCUT2D eigenvalue weighted by Gasteiger charge is -2.10. The monoisotopic (exact) mass is 375 g/mol. The summed E-state index contributed by atoms with van der Waals surface area (Å²) in [6.07, 6.45) is -2.78. The highest BCUT2D eigenvalue weighted by molar-refractivity contribution is 14.1. The second-order valence-electron chi connectivity index (χ2n) is 3.01. The van der Waals surface area contributed by atoms with Crippen LogP contribution < -0.4 is 0 Å². The van der Waals surface area contributed by atoms with Gasteiger partial charge in [-0.1, -0.05) is 0 Å². The first-order valence-electron chi connectivity index (χ1n) is 4.71. The van der Waals surface area contributed by atoms with E-state index in [1.165, 1.54) is 6.07 Å². The Labute approximate surface area is 116 Å². The summed E-state index contributed by atoms with van der Waals surface area (Å²) in [6, 6.07) is 1.43. The molecule has 0 unspecified atom stereocenters. The first kappa shape index (κ1) is 14.6. The fourth-order valence-electron chi connectivity index (χ4n) is 1.20. The van der Waals surface area contributed by atoms with E-state index >= 15 is 0 Å². The number of carbonyl (C=O) groups is 1. The Bertz CT molecular complexity index is 429. The Kier molecular flexibility index (Phi) is 5.51. The van der Waals surface area contributed by atoms with Gasteiger partial charge in [-0.05, 0) is 35.6 Å². The number of hydrogen-bond donors (Lipinski definition) is 0. The molecule has 0 atom stereocenters. The maximum Gasteiger partial charge on any atom is 0.357 e. The largest absolute Gasteiger partial charge is 0.461 e. The quantitative estimate of drug-likeness (QED) is 0.459. The molecule has 0 aliphatic rings. The van der Waals surface area contributed by atoms with E-state index in [1.807, 2.05) is 0 Å². The third-order valence-corrected chi connectivity index (χ3v) is 3.05. The van der Waals surface area contributed by atoms with Gasteiger partial charge in [-0.2, -0.15) is 0 Å². The molecule has 0 N–H and O–H groups in total. The van der Waals surface area contributed by atoms with Gasteiger partial charge in [0.1, 0.15) is 0 Å². The van der Waals surface area contributed by atoms with E-state index in [0.717, 1.165) is 0 Å². The Morgan fingerprint density at radius 3 is 2.76 bits per heavy atom. The number of halogens is 4. The summed E-state index contributed by atoms with van der Waals surface area (Å²) in [5.74, 6) is -0.806. The topological polar surface area (TPSA) is 39.2 Å². The number of carbonyl (C=O) groups excluding carboxylic acids is 1. The molecule has 0 aliphatic heterocycles. The molecule has 17 heavy (non-hydrogen) atoms. The van der Waals surface area contributed by atoms with Crippen molar-refractivity contribution in [2.75, 3.05) is 6.61 Å². The van der Waals surface area contributed by atoms with Crippen LogP contribution in [0.4, 0.5) is 8.78 Å². The summed E-state index contributed by atoms with van der Waals surface area (Å²) in [5.41, 5.74) is -0.397. The molecule has 0 aliphatic carbocycles. The molecule has 0 amide bonds. The molecule has 0 saturated carbocycles. The number of aromatic nitrogens is 1. The summed E-state index contributed by atoms with van der Waals surface area (Å²) >= 11 is 7.30. The van der Waals surface area contributed by atoms with E-state index in [1.54, 1.807) is 29.5 Å². The van der Waals surface area contributed by atoms with Crippen LogP contribution in [0.3, 0.4) is 0 Å². The third-order valence-electron chi connectivity index (χ3n) is 1.89. The lowest BCUT2D eigenvalue weighted by molar-refractivity contribution is 0.0507. The van der Waals surface area contributed by atoms with Crippen molar-refractivity contribution >= 4 is 40.2 Å². The highest BCUT2D eigenvalue weighted by atomic mass is 127. The molecular weight excluding hydrogens is 366 g/mol. The maximum atomic E-state index is 12.8. The fraction of sp³-hybridized carbons (Fsp3) is 0.400. The lowest BCUT2D eigenvalue weighted by Crippen LogP contribution is -2.13. The smallest absolute Gasteiger partial charge is 0.357 e. The molecular formula is C10H9ClF2INO2. The molecule has 1 aromatic heterocycles. The Morgan fingerprint density at radius 2 is 2.29 bits per heavy atom. The Balaban J connectivity index is 3.32. The van der Waals surface area contributed by atoms with Gasteiger partial charge in [-0.3, -0.25) is 0 Å². The van der Waals surface area contributed by atoms with Gasteiger partial charge < -0.3 is 4.74 Å². The van der Waals surface area contributed by atoms with Crippen molar-refractivity contribution in [3.63, 3.8) is 0 Å². The van der Waals surface area contributed by atoms with Gasteiger partial charge in [0, 0.05) is 3.57 Å². The summed E-state index contributed by atoms with van der Waals surface area (Å²) in [5, 5.41) is 0. The highest BCUT2D eigenvalue weighted by Crippen LogP contribution is 2.28. The van der Waals surface area contributed by atoms with Crippen molar-refractivity contribution in [1.29, 1.82) is 0 Å². The number of hydrogen-bond acceptors (Lipinski definition) is 3. The zero-order valence-corrected chi connectivity index (χ0v) is 11.8. The van der Waals surface area contributed by atoms with Crippen LogP contribution in [-0.2, 0) is 10.6 Å². The van der Waals surface area contributed by atoms with Crippen molar-refractivity contribution in [2.24, 2.45) is 0 Å². The molecule has 0 bridgehead atoms. The van der Waals surface area contributed by atoms with E-state index in [9.17, 15) is 13.6 Å². The molecule has 7 heteroatoms. The van der Waals surface area contributed by atoms with Crippen molar-refractivity contribution in [3.05, 3.63) is 26.6 Å². The van der Waals surface area contributed by atoms with E-state index in [-0.39, 0.29) is 21.8 Å². The Hall–Kier alpha value is -0.500. The number of pyridine rings is 1. The van der Waals surface area contributed by atoms with Crippen molar-refractivity contribution in [3.8, 4) is 0 Å². The third kappa shape index (κ3) is 3.48. The minimum atomic E-state index is -2.78. The van der Waals surface area contributed by atoms with Gasteiger partial charge in [0.05, 0.1) is 23.7 Å². The zero-order valence-electron chi connectivity index (χ0n) is 8.84. The van der Waals surface area contributed by atoms with Crippen LogP contribution in [0.5, 0.6) is 0 Å². The van der Waals surface area contributed by atoms with Crippen LogP contribution in [0, 0.1) is 3.57 Å². The first-order chi connectivity index (χ1) is 8.01. The average molecular weight is 376 g/mol. The number of ether oxygens (including phenoxy) is 1. The normalized spacial score (nSPS) is 10.7. The predicted molar refractivity (Wildman–Crippen MR) is 67.4 cm³/mol. The molecule has 1 aromatic rings. The summed E-state index contributed by atoms with van der Waals surface area (Å²) in [7, 11) is 0. The van der Waals surface area contributed by atoms with E-state index in [2.05, 4.69) is 4.98 Å². The second-order valence-corrected chi connectivity index (χ2v) is 4.44. The predicted octanol–water partition coefficient (Wildman–Crippen LogP) is 3.54. The minimum Gasteiger partial charge on any atom is -0.461 e. The second kappa shape index (κ2) is 6.44. The molecule has 1 rings (SSSR count). The maximum absolute atomic E-state index is 12.8. The first-order valence-corrected chi connectivity index (χ1v) is 6.33. The minimum absolute atomic E-state index is 0.0475. The van der Waals surface area contributed by atoms with Crippen LogP contribution in [-0.4, -0.2) is 17.6 Å². The molecule has 0 spiro atoms. The van der Waals surface area contributed by atoms with Gasteiger partial charge in [-0.25, -0.2) is 18.6 Å². The van der Waals surface area contributed by atoms with Gasteiger partial charge in [0.25, 0.3) is 6.43 Å². The van der Waals surface area contributed by atoms with Crippen LogP contribution in [0.15, 0.2) is 6.07 Å². The molecule has 94 valence electrons. The highest BCUT2D eigenvalue weighted by Gasteiger charge is 2.24. The van der Waals surface area contributed by atoms with Gasteiger partial charge in [0.15, 0.2) is 5.69 Å². The average Bonchev–Trinajstić information content (AvgIpc) is 2.27. The van der Waals surface area contributed by atoms with Crippen LogP contribution in [0.2, 0.25) is 0 Å². The molecule has 3 nitrogen and oxygen atoms in total. The standard InChI is InChI=1S/C10H9ClF2INO2/c1-2-17-10(16)8-7(9(12)13)6(14)3-5(4-11)15-8/h3,9H,2,4H2,1H3. The molecule has 0 fully saturated rings. The van der Waals surface area contributed by atoms with E-state index in [4.69, 9.17) is 16.3 Å². The van der Waals surface area contributed by atoms with Crippen LogP contribution in [0.25, 0.3) is 0 Å². The number of alkyl halides is 3. The van der Waals surface area contributed by atoms with Crippen molar-refractivity contribution < 1.29 is 18.3 Å². The summed E-state index contributed by atoms with van der Waals surface area (Å²) in [6.45, 7) is 1.70. The number of rotatable bonds is 4. The van der Waals surface area contributed by atoms with Crippen LogP contribution in [0.1, 0.15) is 35.1 Å². The fourth-order valence-corrected chi connectivity index (χ4v) is 2.19. The summed E-state index contributed by atoms with van der Waals surface area (Å²) in [4.78, 5) is 15.3. The van der Waals surface area contributed by atoms with E-state index in [0.29, 0.717) is 5.69 Å². The van der Waals surface area contributed by atoms with Crippen molar-refractivity contribution in [2.45, 2.75) is 19.2 Å². The number of esters is 1.